The van der Waals surface area contributed by atoms with Gasteiger partial charge in [0.2, 0.25) is 0 Å². The first-order valence-corrected chi connectivity index (χ1v) is 8.42. The number of rotatable bonds is 3. The normalized spacial score (nSPS) is 18.2. The SMILES string of the molecule is Fc1ccccc1-c1ncsc1-c1ncn(C2CCCCO2)n1. The number of hydrogen-bond acceptors (Lipinski definition) is 5. The van der Waals surface area contributed by atoms with Crippen molar-refractivity contribution in [2.75, 3.05) is 6.61 Å². The molecule has 1 aliphatic rings. The fourth-order valence-electron chi connectivity index (χ4n) is 2.70. The molecule has 0 bridgehead atoms. The van der Waals surface area contributed by atoms with Gasteiger partial charge in [-0.25, -0.2) is 19.0 Å². The van der Waals surface area contributed by atoms with E-state index in [1.807, 2.05) is 0 Å². The number of ether oxygens (including phenoxy) is 1. The van der Waals surface area contributed by atoms with E-state index in [0.717, 1.165) is 30.7 Å². The van der Waals surface area contributed by atoms with Crippen molar-refractivity contribution in [3.8, 4) is 22.0 Å². The zero-order chi connectivity index (χ0) is 15.6. The van der Waals surface area contributed by atoms with Crippen LogP contribution in [0.1, 0.15) is 25.5 Å². The molecule has 4 rings (SSSR count). The van der Waals surface area contributed by atoms with Crippen molar-refractivity contribution < 1.29 is 9.13 Å². The Hall–Kier alpha value is -2.12. The van der Waals surface area contributed by atoms with Crippen LogP contribution in [0.5, 0.6) is 0 Å². The van der Waals surface area contributed by atoms with Gasteiger partial charge in [-0.15, -0.1) is 16.4 Å². The highest BCUT2D eigenvalue weighted by Crippen LogP contribution is 2.34. The molecule has 1 aromatic carbocycles. The van der Waals surface area contributed by atoms with E-state index in [0.29, 0.717) is 17.1 Å². The zero-order valence-electron chi connectivity index (χ0n) is 12.4. The van der Waals surface area contributed by atoms with E-state index in [9.17, 15) is 4.39 Å². The summed E-state index contributed by atoms with van der Waals surface area (Å²) in [7, 11) is 0. The molecule has 0 saturated carbocycles. The topological polar surface area (TPSA) is 52.8 Å². The number of benzene rings is 1. The summed E-state index contributed by atoms with van der Waals surface area (Å²) < 4.78 is 21.5. The Morgan fingerprint density at radius 1 is 1.22 bits per heavy atom. The molecule has 7 heteroatoms. The molecule has 1 saturated heterocycles. The van der Waals surface area contributed by atoms with Crippen LogP contribution in [-0.4, -0.2) is 26.4 Å². The Balaban J connectivity index is 1.69. The first kappa shape index (κ1) is 14.5. The molecule has 3 heterocycles. The Morgan fingerprint density at radius 3 is 2.96 bits per heavy atom. The lowest BCUT2D eigenvalue weighted by molar-refractivity contribution is -0.0395. The minimum atomic E-state index is -0.297. The Kier molecular flexibility index (Phi) is 3.88. The molecule has 1 fully saturated rings. The van der Waals surface area contributed by atoms with E-state index < -0.39 is 0 Å². The summed E-state index contributed by atoms with van der Waals surface area (Å²) in [6, 6.07) is 6.61. The Bertz CT molecular complexity index is 810. The maximum Gasteiger partial charge on any atom is 0.193 e. The molecular formula is C16H15FN4OS. The van der Waals surface area contributed by atoms with Gasteiger partial charge in [0, 0.05) is 12.2 Å². The van der Waals surface area contributed by atoms with Crippen molar-refractivity contribution in [1.82, 2.24) is 19.7 Å². The first-order valence-electron chi connectivity index (χ1n) is 7.54. The number of thiazole rings is 1. The van der Waals surface area contributed by atoms with E-state index >= 15 is 0 Å². The van der Waals surface area contributed by atoms with Gasteiger partial charge in [-0.2, -0.15) is 0 Å². The van der Waals surface area contributed by atoms with E-state index in [1.54, 1.807) is 34.7 Å². The monoisotopic (exact) mass is 330 g/mol. The highest BCUT2D eigenvalue weighted by Gasteiger charge is 2.21. The van der Waals surface area contributed by atoms with Crippen LogP contribution in [-0.2, 0) is 4.74 Å². The lowest BCUT2D eigenvalue weighted by Crippen LogP contribution is -2.18. The predicted molar refractivity (Wildman–Crippen MR) is 85.4 cm³/mol. The van der Waals surface area contributed by atoms with Crippen LogP contribution < -0.4 is 0 Å². The van der Waals surface area contributed by atoms with Gasteiger partial charge in [-0.3, -0.25) is 0 Å². The van der Waals surface area contributed by atoms with Gasteiger partial charge in [0.25, 0.3) is 0 Å². The average Bonchev–Trinajstić information content (AvgIpc) is 3.25. The highest BCUT2D eigenvalue weighted by molar-refractivity contribution is 7.13. The second-order valence-electron chi connectivity index (χ2n) is 5.38. The minimum Gasteiger partial charge on any atom is -0.356 e. The van der Waals surface area contributed by atoms with Crippen molar-refractivity contribution >= 4 is 11.3 Å². The van der Waals surface area contributed by atoms with Gasteiger partial charge in [-0.05, 0) is 31.4 Å². The third kappa shape index (κ3) is 2.77. The highest BCUT2D eigenvalue weighted by atomic mass is 32.1. The van der Waals surface area contributed by atoms with Crippen molar-refractivity contribution in [3.63, 3.8) is 0 Å². The zero-order valence-corrected chi connectivity index (χ0v) is 13.2. The van der Waals surface area contributed by atoms with E-state index in [4.69, 9.17) is 4.74 Å². The lowest BCUT2D eigenvalue weighted by atomic mass is 10.1. The minimum absolute atomic E-state index is 0.0603. The number of aromatic nitrogens is 4. The summed E-state index contributed by atoms with van der Waals surface area (Å²) in [5, 5.41) is 4.52. The number of hydrogen-bond donors (Lipinski definition) is 0. The third-order valence-corrected chi connectivity index (χ3v) is 4.68. The molecule has 3 aromatic rings. The van der Waals surface area contributed by atoms with Gasteiger partial charge in [0.05, 0.1) is 11.2 Å². The van der Waals surface area contributed by atoms with E-state index in [1.165, 1.54) is 17.4 Å². The molecule has 118 valence electrons. The predicted octanol–water partition coefficient (Wildman–Crippen LogP) is 3.91. The van der Waals surface area contributed by atoms with Crippen LogP contribution in [0.15, 0.2) is 36.1 Å². The molecule has 5 nitrogen and oxygen atoms in total. The summed E-state index contributed by atoms with van der Waals surface area (Å²) in [6.07, 6.45) is 4.77. The van der Waals surface area contributed by atoms with Crippen LogP contribution in [0.3, 0.4) is 0 Å². The smallest absolute Gasteiger partial charge is 0.193 e. The van der Waals surface area contributed by atoms with Gasteiger partial charge < -0.3 is 4.74 Å². The van der Waals surface area contributed by atoms with Crippen molar-refractivity contribution in [2.45, 2.75) is 25.5 Å². The molecule has 0 radical (unpaired) electrons. The van der Waals surface area contributed by atoms with Crippen molar-refractivity contribution in [3.05, 3.63) is 41.9 Å². The summed E-state index contributed by atoms with van der Waals surface area (Å²) in [5.74, 6) is 0.259. The maximum atomic E-state index is 14.0. The van der Waals surface area contributed by atoms with Gasteiger partial charge in [-0.1, -0.05) is 12.1 Å². The van der Waals surface area contributed by atoms with Gasteiger partial charge in [0.15, 0.2) is 12.1 Å². The largest absolute Gasteiger partial charge is 0.356 e. The number of halogens is 1. The van der Waals surface area contributed by atoms with Crippen LogP contribution in [0, 0.1) is 5.82 Å². The van der Waals surface area contributed by atoms with Gasteiger partial charge in [0.1, 0.15) is 17.0 Å². The average molecular weight is 330 g/mol. The molecule has 0 amide bonds. The molecule has 2 aromatic heterocycles. The fourth-order valence-corrected chi connectivity index (χ4v) is 3.44. The Labute approximate surface area is 136 Å². The molecule has 0 N–H and O–H groups in total. The van der Waals surface area contributed by atoms with Crippen LogP contribution >= 0.6 is 11.3 Å². The van der Waals surface area contributed by atoms with Crippen LogP contribution in [0.2, 0.25) is 0 Å². The second-order valence-corrected chi connectivity index (χ2v) is 6.23. The molecule has 1 atom stereocenters. The summed E-state index contributed by atoms with van der Waals surface area (Å²) in [4.78, 5) is 9.44. The lowest BCUT2D eigenvalue weighted by Gasteiger charge is -2.21. The maximum absolute atomic E-state index is 14.0. The van der Waals surface area contributed by atoms with Gasteiger partial charge >= 0.3 is 0 Å². The summed E-state index contributed by atoms with van der Waals surface area (Å²) >= 11 is 1.41. The second kappa shape index (κ2) is 6.17. The molecule has 0 spiro atoms. The van der Waals surface area contributed by atoms with E-state index in [2.05, 4.69) is 15.1 Å². The quantitative estimate of drug-likeness (QED) is 0.731. The molecule has 23 heavy (non-hydrogen) atoms. The first-order chi connectivity index (χ1) is 11.3. The molecule has 1 unspecified atom stereocenters. The van der Waals surface area contributed by atoms with Crippen molar-refractivity contribution in [1.29, 1.82) is 0 Å². The fraction of sp³-hybridized carbons (Fsp3) is 0.312. The van der Waals surface area contributed by atoms with Crippen LogP contribution in [0.25, 0.3) is 22.0 Å². The van der Waals surface area contributed by atoms with Crippen LogP contribution in [0.4, 0.5) is 4.39 Å². The molecule has 0 aliphatic carbocycles. The van der Waals surface area contributed by atoms with Crippen molar-refractivity contribution in [2.24, 2.45) is 0 Å². The standard InChI is InChI=1S/C16H15FN4OS/c17-12-6-2-1-5-11(12)14-15(23-10-19-14)16-18-9-21(20-16)13-7-3-4-8-22-13/h1-2,5-6,9-10,13H,3-4,7-8H2. The molecular weight excluding hydrogens is 315 g/mol. The molecule has 1 aliphatic heterocycles. The number of nitrogens with zero attached hydrogens (tertiary/aromatic N) is 4. The summed E-state index contributed by atoms with van der Waals surface area (Å²) in [5.41, 5.74) is 2.74. The summed E-state index contributed by atoms with van der Waals surface area (Å²) in [6.45, 7) is 0.751. The van der Waals surface area contributed by atoms with E-state index in [-0.39, 0.29) is 12.0 Å². The third-order valence-electron chi connectivity index (χ3n) is 3.86. The Morgan fingerprint density at radius 2 is 2.13 bits per heavy atom.